The molecule has 0 bridgehead atoms. The average molecular weight is 306 g/mol. The van der Waals surface area contributed by atoms with Crippen LogP contribution in [0.1, 0.15) is 32.7 Å². The monoisotopic (exact) mass is 305 g/mol. The maximum Gasteiger partial charge on any atom is 0.327 e. The van der Waals surface area contributed by atoms with Crippen LogP contribution in [-0.4, -0.2) is 24.5 Å². The van der Waals surface area contributed by atoms with Gasteiger partial charge in [0.15, 0.2) is 5.65 Å². The third-order valence-corrected chi connectivity index (χ3v) is 4.02. The van der Waals surface area contributed by atoms with Gasteiger partial charge in [-0.3, -0.25) is 9.55 Å². The maximum atomic E-state index is 12.3. The normalized spacial score (nSPS) is 11.6. The van der Waals surface area contributed by atoms with Crippen LogP contribution in [-0.2, 0) is 0 Å². The average Bonchev–Trinajstić information content (AvgIpc) is 3.09. The molecule has 3 aromatic heterocycles. The molecule has 3 heterocycles. The molecule has 21 heavy (non-hydrogen) atoms. The number of pyridine rings is 1. The molecule has 0 aromatic carbocycles. The summed E-state index contributed by atoms with van der Waals surface area (Å²) >= 11 is 6.32. The van der Waals surface area contributed by atoms with E-state index in [1.807, 2.05) is 0 Å². The number of imidazole rings is 2. The van der Waals surface area contributed by atoms with Gasteiger partial charge >= 0.3 is 5.69 Å². The van der Waals surface area contributed by atoms with Crippen molar-refractivity contribution >= 4 is 22.8 Å². The molecule has 0 fully saturated rings. The van der Waals surface area contributed by atoms with Gasteiger partial charge in [-0.05, 0) is 12.8 Å². The lowest BCUT2D eigenvalue weighted by Gasteiger charge is -2.16. The van der Waals surface area contributed by atoms with Gasteiger partial charge in [-0.2, -0.15) is 0 Å². The minimum absolute atomic E-state index is 0.0974. The van der Waals surface area contributed by atoms with Gasteiger partial charge in [0.2, 0.25) is 0 Å². The van der Waals surface area contributed by atoms with Crippen LogP contribution < -0.4 is 5.69 Å². The lowest BCUT2D eigenvalue weighted by molar-refractivity contribution is 0.471. The second-order valence-corrected chi connectivity index (χ2v) is 5.29. The van der Waals surface area contributed by atoms with Gasteiger partial charge in [0.25, 0.3) is 0 Å². The topological polar surface area (TPSA) is 79.4 Å². The first-order valence-corrected chi connectivity index (χ1v) is 7.33. The van der Waals surface area contributed by atoms with E-state index in [0.717, 1.165) is 12.8 Å². The van der Waals surface area contributed by atoms with E-state index >= 15 is 0 Å². The Labute approximate surface area is 126 Å². The predicted molar refractivity (Wildman–Crippen MR) is 82.6 cm³/mol. The Bertz CT molecular complexity index is 814. The Morgan fingerprint density at radius 3 is 2.71 bits per heavy atom. The van der Waals surface area contributed by atoms with Crippen molar-refractivity contribution in [1.29, 1.82) is 0 Å². The highest BCUT2D eigenvalue weighted by Crippen LogP contribution is 2.32. The van der Waals surface area contributed by atoms with E-state index in [9.17, 15) is 4.79 Å². The minimum atomic E-state index is -0.165. The Hall–Kier alpha value is -2.08. The zero-order valence-electron chi connectivity index (χ0n) is 11.9. The summed E-state index contributed by atoms with van der Waals surface area (Å²) in [5, 5.41) is 0.469. The highest BCUT2D eigenvalue weighted by atomic mass is 35.5. The predicted octanol–water partition coefficient (Wildman–Crippen LogP) is 3.13. The summed E-state index contributed by atoms with van der Waals surface area (Å²) in [7, 11) is 0. The van der Waals surface area contributed by atoms with E-state index in [0.29, 0.717) is 27.6 Å². The Balaban J connectivity index is 2.41. The zero-order valence-corrected chi connectivity index (χ0v) is 12.6. The number of halogens is 1. The van der Waals surface area contributed by atoms with Crippen LogP contribution in [0.3, 0.4) is 0 Å². The number of H-pyrrole nitrogens is 2. The number of hydrogen-bond donors (Lipinski definition) is 2. The second kappa shape index (κ2) is 5.37. The van der Waals surface area contributed by atoms with Crippen molar-refractivity contribution in [3.63, 3.8) is 0 Å². The van der Waals surface area contributed by atoms with Gasteiger partial charge in [-0.15, -0.1) is 0 Å². The molecule has 0 aliphatic carbocycles. The zero-order chi connectivity index (χ0) is 15.0. The first-order chi connectivity index (χ1) is 10.2. The Morgan fingerprint density at radius 2 is 2.10 bits per heavy atom. The lowest BCUT2D eigenvalue weighted by Crippen LogP contribution is -2.21. The molecule has 0 amide bonds. The molecular weight excluding hydrogens is 290 g/mol. The summed E-state index contributed by atoms with van der Waals surface area (Å²) in [6.07, 6.45) is 6.63. The number of aromatic nitrogens is 5. The summed E-state index contributed by atoms with van der Waals surface area (Å²) in [5.74, 6) is 0.631. The number of nitrogens with zero attached hydrogens (tertiary/aromatic N) is 3. The fourth-order valence-electron chi connectivity index (χ4n) is 2.70. The van der Waals surface area contributed by atoms with Crippen molar-refractivity contribution in [3.8, 4) is 11.4 Å². The van der Waals surface area contributed by atoms with Crippen LogP contribution in [0.15, 0.2) is 23.4 Å². The summed E-state index contributed by atoms with van der Waals surface area (Å²) in [4.78, 5) is 26.7. The van der Waals surface area contributed by atoms with E-state index < -0.39 is 0 Å². The molecule has 110 valence electrons. The van der Waals surface area contributed by atoms with Crippen molar-refractivity contribution in [2.75, 3.05) is 0 Å². The minimum Gasteiger partial charge on any atom is -0.345 e. The number of rotatable bonds is 4. The van der Waals surface area contributed by atoms with E-state index in [1.54, 1.807) is 17.0 Å². The van der Waals surface area contributed by atoms with Gasteiger partial charge in [0, 0.05) is 24.6 Å². The largest absolute Gasteiger partial charge is 0.345 e. The molecule has 3 rings (SSSR count). The molecule has 0 aliphatic heterocycles. The van der Waals surface area contributed by atoms with Crippen LogP contribution in [0.5, 0.6) is 0 Å². The van der Waals surface area contributed by atoms with Crippen LogP contribution in [0.4, 0.5) is 0 Å². The van der Waals surface area contributed by atoms with Crippen LogP contribution >= 0.6 is 11.6 Å². The standard InChI is InChI=1S/C14H16ClN5O/c1-3-8(4-2)20-11-10(12-16-5-6-17-12)9(15)7-18-13(11)19-14(20)21/h5-8H,3-4H2,1-2H3,(H,16,17)(H,18,19,21). The first-order valence-electron chi connectivity index (χ1n) is 6.95. The van der Waals surface area contributed by atoms with E-state index in [1.165, 1.54) is 6.20 Å². The molecule has 0 aliphatic rings. The second-order valence-electron chi connectivity index (χ2n) is 4.89. The van der Waals surface area contributed by atoms with Gasteiger partial charge in [-0.25, -0.2) is 14.8 Å². The first kappa shape index (κ1) is 13.9. The molecule has 2 N–H and O–H groups in total. The SMILES string of the molecule is CCC(CC)n1c(=O)[nH]c2ncc(Cl)c(-c3ncc[nH]3)c21. The van der Waals surface area contributed by atoms with Crippen molar-refractivity contribution in [2.24, 2.45) is 0 Å². The third kappa shape index (κ3) is 2.15. The van der Waals surface area contributed by atoms with Gasteiger partial charge in [0.1, 0.15) is 11.3 Å². The van der Waals surface area contributed by atoms with E-state index in [4.69, 9.17) is 11.6 Å². The summed E-state index contributed by atoms with van der Waals surface area (Å²) < 4.78 is 1.74. The fourth-order valence-corrected chi connectivity index (χ4v) is 2.92. The smallest absolute Gasteiger partial charge is 0.327 e. The summed E-state index contributed by atoms with van der Waals surface area (Å²) in [6, 6.07) is 0.0974. The molecule has 0 saturated heterocycles. The number of fused-ring (bicyclic) bond motifs is 1. The molecule has 0 spiro atoms. The van der Waals surface area contributed by atoms with E-state index in [-0.39, 0.29) is 11.7 Å². The summed E-state index contributed by atoms with van der Waals surface area (Å²) in [6.45, 7) is 4.12. The van der Waals surface area contributed by atoms with Crippen molar-refractivity contribution < 1.29 is 0 Å². The number of nitrogens with one attached hydrogen (secondary N) is 2. The number of aromatic amines is 2. The number of hydrogen-bond acceptors (Lipinski definition) is 3. The van der Waals surface area contributed by atoms with Crippen LogP contribution in [0, 0.1) is 0 Å². The molecule has 7 heteroatoms. The van der Waals surface area contributed by atoms with Crippen molar-refractivity contribution in [3.05, 3.63) is 34.1 Å². The van der Waals surface area contributed by atoms with Crippen LogP contribution in [0.25, 0.3) is 22.6 Å². The molecular formula is C14H16ClN5O. The molecule has 3 aromatic rings. The van der Waals surface area contributed by atoms with Gasteiger partial charge < -0.3 is 4.98 Å². The molecule has 6 nitrogen and oxygen atoms in total. The van der Waals surface area contributed by atoms with Gasteiger partial charge in [0.05, 0.1) is 10.6 Å². The molecule has 0 unspecified atom stereocenters. The molecule has 0 radical (unpaired) electrons. The highest BCUT2D eigenvalue weighted by molar-refractivity contribution is 6.34. The third-order valence-electron chi connectivity index (χ3n) is 3.73. The maximum absolute atomic E-state index is 12.3. The lowest BCUT2D eigenvalue weighted by atomic mass is 10.1. The van der Waals surface area contributed by atoms with Gasteiger partial charge in [-0.1, -0.05) is 25.4 Å². The van der Waals surface area contributed by atoms with E-state index in [2.05, 4.69) is 33.8 Å². The Kier molecular flexibility index (Phi) is 3.55. The Morgan fingerprint density at radius 1 is 1.33 bits per heavy atom. The highest BCUT2D eigenvalue weighted by Gasteiger charge is 2.21. The van der Waals surface area contributed by atoms with Crippen molar-refractivity contribution in [1.82, 2.24) is 24.5 Å². The van der Waals surface area contributed by atoms with Crippen LogP contribution in [0.2, 0.25) is 5.02 Å². The molecule has 0 saturated carbocycles. The molecule has 0 atom stereocenters. The van der Waals surface area contributed by atoms with Crippen molar-refractivity contribution in [2.45, 2.75) is 32.7 Å². The fraction of sp³-hybridized carbons (Fsp3) is 0.357. The quantitative estimate of drug-likeness (QED) is 0.777. The summed E-state index contributed by atoms with van der Waals surface area (Å²) in [5.41, 5.74) is 1.78.